The van der Waals surface area contributed by atoms with Crippen molar-refractivity contribution >= 4 is 28.7 Å². The fraction of sp³-hybridized carbons (Fsp3) is 0.238. The number of pyridine rings is 1. The van der Waals surface area contributed by atoms with Gasteiger partial charge in [0.25, 0.3) is 0 Å². The van der Waals surface area contributed by atoms with Crippen molar-refractivity contribution < 1.29 is 9.21 Å². The zero-order chi connectivity index (χ0) is 17.9. The van der Waals surface area contributed by atoms with E-state index in [1.165, 1.54) is 10.9 Å². The maximum atomic E-state index is 12.3. The third-order valence-corrected chi connectivity index (χ3v) is 4.76. The molecule has 4 rings (SSSR count). The van der Waals surface area contributed by atoms with E-state index in [4.69, 9.17) is 9.40 Å². The summed E-state index contributed by atoms with van der Waals surface area (Å²) in [6.45, 7) is 5.06. The quantitative estimate of drug-likeness (QED) is 0.681. The van der Waals surface area contributed by atoms with Crippen molar-refractivity contribution in [3.05, 3.63) is 66.1 Å². The minimum atomic E-state index is 0.0173. The van der Waals surface area contributed by atoms with Gasteiger partial charge in [0, 0.05) is 37.6 Å². The van der Waals surface area contributed by atoms with Gasteiger partial charge in [-0.3, -0.25) is 4.79 Å². The number of carbonyl (C=O) groups is 1. The molecule has 1 aliphatic heterocycles. The third kappa shape index (κ3) is 3.33. The van der Waals surface area contributed by atoms with Gasteiger partial charge in [-0.25, -0.2) is 4.98 Å². The molecule has 0 bridgehead atoms. The molecule has 26 heavy (non-hydrogen) atoms. The Morgan fingerprint density at radius 2 is 1.92 bits per heavy atom. The molecule has 5 nitrogen and oxygen atoms in total. The Bertz CT molecular complexity index is 939. The lowest BCUT2D eigenvalue weighted by molar-refractivity contribution is -0.126. The number of hydrogen-bond acceptors (Lipinski definition) is 4. The smallest absolute Gasteiger partial charge is 0.246 e. The molecule has 0 radical (unpaired) electrons. The molecule has 132 valence electrons. The summed E-state index contributed by atoms with van der Waals surface area (Å²) in [5.41, 5.74) is 2.24. The van der Waals surface area contributed by atoms with Crippen LogP contribution in [0.4, 0.5) is 5.82 Å². The van der Waals surface area contributed by atoms with E-state index in [1.54, 1.807) is 18.4 Å². The van der Waals surface area contributed by atoms with Crippen LogP contribution in [0.25, 0.3) is 17.0 Å². The molecular formula is C21H21N3O2. The molecule has 1 aromatic carbocycles. The highest BCUT2D eigenvalue weighted by Crippen LogP contribution is 2.23. The summed E-state index contributed by atoms with van der Waals surface area (Å²) in [5, 5.41) is 1.19. The number of aromatic nitrogens is 1. The second-order valence-corrected chi connectivity index (χ2v) is 6.48. The molecule has 2 aromatic heterocycles. The van der Waals surface area contributed by atoms with E-state index in [9.17, 15) is 4.79 Å². The van der Waals surface area contributed by atoms with E-state index in [-0.39, 0.29) is 5.91 Å². The highest BCUT2D eigenvalue weighted by Gasteiger charge is 2.21. The van der Waals surface area contributed by atoms with Crippen molar-refractivity contribution in [3.8, 4) is 0 Å². The van der Waals surface area contributed by atoms with Gasteiger partial charge < -0.3 is 14.2 Å². The van der Waals surface area contributed by atoms with E-state index in [0.29, 0.717) is 18.8 Å². The van der Waals surface area contributed by atoms with Gasteiger partial charge in [-0.05, 0) is 42.8 Å². The van der Waals surface area contributed by atoms with E-state index < -0.39 is 0 Å². The Labute approximate surface area is 152 Å². The Morgan fingerprint density at radius 1 is 1.12 bits per heavy atom. The van der Waals surface area contributed by atoms with Crippen LogP contribution in [-0.2, 0) is 4.79 Å². The number of aryl methyl sites for hydroxylation is 1. The number of nitrogens with zero attached hydrogens (tertiary/aromatic N) is 3. The Balaban J connectivity index is 1.43. The molecular weight excluding hydrogens is 326 g/mol. The lowest BCUT2D eigenvalue weighted by Gasteiger charge is -2.35. The van der Waals surface area contributed by atoms with Crippen molar-refractivity contribution in [2.75, 3.05) is 31.1 Å². The van der Waals surface area contributed by atoms with Gasteiger partial charge in [0.05, 0.1) is 11.8 Å². The van der Waals surface area contributed by atoms with Gasteiger partial charge in [0.1, 0.15) is 11.6 Å². The number of hydrogen-bond donors (Lipinski definition) is 0. The number of benzene rings is 1. The summed E-state index contributed by atoms with van der Waals surface area (Å²) in [4.78, 5) is 21.2. The summed E-state index contributed by atoms with van der Waals surface area (Å²) in [7, 11) is 0. The number of anilines is 1. The molecule has 0 aliphatic carbocycles. The largest absolute Gasteiger partial charge is 0.465 e. The van der Waals surface area contributed by atoms with Crippen LogP contribution in [-0.4, -0.2) is 42.0 Å². The summed E-state index contributed by atoms with van der Waals surface area (Å²) in [6, 6.07) is 14.0. The molecule has 0 unspecified atom stereocenters. The van der Waals surface area contributed by atoms with E-state index in [0.717, 1.165) is 24.4 Å². The first kappa shape index (κ1) is 16.4. The second-order valence-electron chi connectivity index (χ2n) is 6.48. The average Bonchev–Trinajstić information content (AvgIpc) is 3.20. The predicted molar refractivity (Wildman–Crippen MR) is 103 cm³/mol. The highest BCUT2D eigenvalue weighted by molar-refractivity contribution is 5.91. The van der Waals surface area contributed by atoms with Crippen molar-refractivity contribution in [1.82, 2.24) is 9.88 Å². The molecule has 0 spiro atoms. The highest BCUT2D eigenvalue weighted by atomic mass is 16.3. The first-order chi connectivity index (χ1) is 12.7. The number of fused-ring (bicyclic) bond motifs is 1. The lowest BCUT2D eigenvalue weighted by Crippen LogP contribution is -2.48. The fourth-order valence-corrected chi connectivity index (χ4v) is 3.29. The number of piperazine rings is 1. The summed E-state index contributed by atoms with van der Waals surface area (Å²) < 4.78 is 5.22. The second kappa shape index (κ2) is 7.04. The summed E-state index contributed by atoms with van der Waals surface area (Å²) in [5.74, 6) is 1.69. The minimum Gasteiger partial charge on any atom is -0.465 e. The van der Waals surface area contributed by atoms with Gasteiger partial charge >= 0.3 is 0 Å². The monoisotopic (exact) mass is 347 g/mol. The van der Waals surface area contributed by atoms with Crippen molar-refractivity contribution in [3.63, 3.8) is 0 Å². The molecule has 3 aromatic rings. The van der Waals surface area contributed by atoms with Crippen LogP contribution in [0.3, 0.4) is 0 Å². The molecule has 1 saturated heterocycles. The van der Waals surface area contributed by atoms with E-state index >= 15 is 0 Å². The maximum Gasteiger partial charge on any atom is 0.246 e. The fourth-order valence-electron chi connectivity index (χ4n) is 3.29. The van der Waals surface area contributed by atoms with Crippen LogP contribution in [0.5, 0.6) is 0 Å². The zero-order valence-corrected chi connectivity index (χ0v) is 14.8. The normalized spacial score (nSPS) is 15.1. The molecule has 1 amide bonds. The standard InChI is InChI=1S/C21H21N3O2/c1-16-15-20(22-19-7-3-2-6-18(16)19)23-10-12-24(13-11-23)21(25)9-8-17-5-4-14-26-17/h2-9,14-15H,10-13H2,1H3/b9-8+. The van der Waals surface area contributed by atoms with Gasteiger partial charge in [0.15, 0.2) is 0 Å². The van der Waals surface area contributed by atoms with Crippen LogP contribution < -0.4 is 4.90 Å². The molecule has 5 heteroatoms. The van der Waals surface area contributed by atoms with E-state index in [2.05, 4.69) is 24.0 Å². The molecule has 3 heterocycles. The maximum absolute atomic E-state index is 12.3. The van der Waals surface area contributed by atoms with Crippen molar-refractivity contribution in [2.24, 2.45) is 0 Å². The first-order valence-corrected chi connectivity index (χ1v) is 8.82. The lowest BCUT2D eigenvalue weighted by atomic mass is 10.1. The first-order valence-electron chi connectivity index (χ1n) is 8.82. The van der Waals surface area contributed by atoms with Crippen LogP contribution in [0.2, 0.25) is 0 Å². The number of amides is 1. The molecule has 1 fully saturated rings. The Morgan fingerprint density at radius 3 is 2.69 bits per heavy atom. The minimum absolute atomic E-state index is 0.0173. The molecule has 1 aliphatic rings. The van der Waals surface area contributed by atoms with Gasteiger partial charge in [-0.1, -0.05) is 18.2 Å². The van der Waals surface area contributed by atoms with Gasteiger partial charge in [-0.15, -0.1) is 0 Å². The van der Waals surface area contributed by atoms with E-state index in [1.807, 2.05) is 35.2 Å². The number of carbonyl (C=O) groups excluding carboxylic acids is 1. The summed E-state index contributed by atoms with van der Waals surface area (Å²) in [6.07, 6.45) is 4.89. The molecule has 0 N–H and O–H groups in total. The van der Waals surface area contributed by atoms with Crippen molar-refractivity contribution in [1.29, 1.82) is 0 Å². The molecule has 0 atom stereocenters. The van der Waals surface area contributed by atoms with Crippen LogP contribution in [0, 0.1) is 6.92 Å². The summed E-state index contributed by atoms with van der Waals surface area (Å²) >= 11 is 0. The topological polar surface area (TPSA) is 49.6 Å². The zero-order valence-electron chi connectivity index (χ0n) is 14.8. The Hall–Kier alpha value is -3.08. The van der Waals surface area contributed by atoms with Crippen molar-refractivity contribution in [2.45, 2.75) is 6.92 Å². The SMILES string of the molecule is Cc1cc(N2CCN(C(=O)/C=C/c3ccco3)CC2)nc2ccccc12. The molecule has 0 saturated carbocycles. The Kier molecular flexibility index (Phi) is 4.44. The van der Waals surface area contributed by atoms with Gasteiger partial charge in [-0.2, -0.15) is 0 Å². The number of furan rings is 1. The van der Waals surface area contributed by atoms with Gasteiger partial charge in [0.2, 0.25) is 5.91 Å². The number of para-hydroxylation sites is 1. The van der Waals surface area contributed by atoms with Crippen LogP contribution in [0.1, 0.15) is 11.3 Å². The average molecular weight is 347 g/mol. The third-order valence-electron chi connectivity index (χ3n) is 4.76. The van der Waals surface area contributed by atoms with Crippen LogP contribution >= 0.6 is 0 Å². The van der Waals surface area contributed by atoms with Crippen LogP contribution in [0.15, 0.2) is 59.2 Å². The predicted octanol–water partition coefficient (Wildman–Crippen LogP) is 3.50. The number of rotatable bonds is 3.